The van der Waals surface area contributed by atoms with E-state index >= 15 is 0 Å². The minimum absolute atomic E-state index is 0.0372. The summed E-state index contributed by atoms with van der Waals surface area (Å²) < 4.78 is 6.08. The highest BCUT2D eigenvalue weighted by atomic mass is 79.9. The van der Waals surface area contributed by atoms with E-state index in [0.717, 1.165) is 21.4 Å². The third-order valence-electron chi connectivity index (χ3n) is 3.23. The highest BCUT2D eigenvalue weighted by Gasteiger charge is 2.04. The number of rotatable bonds is 5. The highest BCUT2D eigenvalue weighted by molar-refractivity contribution is 9.11. The Labute approximate surface area is 139 Å². The smallest absolute Gasteiger partial charge is 0.185 e. The Balaban J connectivity index is 2.21. The van der Waals surface area contributed by atoms with Crippen LogP contribution in [0.1, 0.15) is 22.8 Å². The summed E-state index contributed by atoms with van der Waals surface area (Å²) in [7, 11) is 1.60. The van der Waals surface area contributed by atoms with Gasteiger partial charge in [-0.1, -0.05) is 46.3 Å². The van der Waals surface area contributed by atoms with E-state index < -0.39 is 0 Å². The minimum atomic E-state index is -0.0372. The Morgan fingerprint density at radius 1 is 0.955 bits per heavy atom. The zero-order chi connectivity index (χ0) is 15.9. The van der Waals surface area contributed by atoms with Crippen LogP contribution >= 0.6 is 15.9 Å². The number of carbonyl (C=O) groups is 1. The van der Waals surface area contributed by atoms with Crippen LogP contribution in [0.15, 0.2) is 71.2 Å². The van der Waals surface area contributed by atoms with E-state index in [1.165, 1.54) is 0 Å². The van der Waals surface area contributed by atoms with Crippen LogP contribution < -0.4 is 4.74 Å². The first-order valence-corrected chi connectivity index (χ1v) is 7.69. The third-order valence-corrected chi connectivity index (χ3v) is 3.66. The van der Waals surface area contributed by atoms with Crippen LogP contribution in [-0.2, 0) is 0 Å². The van der Waals surface area contributed by atoms with Crippen LogP contribution in [0.25, 0.3) is 5.57 Å². The lowest BCUT2D eigenvalue weighted by molar-refractivity contribution is 0.104. The number of hydrogen-bond acceptors (Lipinski definition) is 2. The second kappa shape index (κ2) is 7.76. The van der Waals surface area contributed by atoms with E-state index in [9.17, 15) is 4.79 Å². The molecule has 0 heterocycles. The molecular weight excluding hydrogens is 340 g/mol. The molecule has 0 fully saturated rings. The number of ketones is 1. The first kappa shape index (κ1) is 16.2. The van der Waals surface area contributed by atoms with Gasteiger partial charge in [-0.25, -0.2) is 0 Å². The van der Waals surface area contributed by atoms with Gasteiger partial charge in [0, 0.05) is 5.56 Å². The normalized spacial score (nSPS) is 12.1. The van der Waals surface area contributed by atoms with Crippen molar-refractivity contribution in [3.8, 4) is 5.75 Å². The molecule has 2 aromatic rings. The van der Waals surface area contributed by atoms with E-state index in [2.05, 4.69) is 15.9 Å². The number of benzene rings is 2. The molecule has 0 radical (unpaired) electrons. The largest absolute Gasteiger partial charge is 0.497 e. The highest BCUT2D eigenvalue weighted by Crippen LogP contribution is 2.24. The monoisotopic (exact) mass is 356 g/mol. The number of carbonyl (C=O) groups excluding carboxylic acids is 1. The number of ether oxygens (including phenoxy) is 1. The van der Waals surface area contributed by atoms with Crippen molar-refractivity contribution in [1.82, 2.24) is 0 Å². The Hall–Kier alpha value is -2.13. The van der Waals surface area contributed by atoms with Crippen LogP contribution in [-0.4, -0.2) is 12.9 Å². The lowest BCUT2D eigenvalue weighted by atomic mass is 10.0. The molecule has 0 aliphatic carbocycles. The summed E-state index contributed by atoms with van der Waals surface area (Å²) >= 11 is 3.50. The average Bonchev–Trinajstić information content (AvgIpc) is 2.55. The molecule has 0 aliphatic heterocycles. The van der Waals surface area contributed by atoms with Gasteiger partial charge in [-0.05, 0) is 59.0 Å². The van der Waals surface area contributed by atoms with Gasteiger partial charge >= 0.3 is 0 Å². The minimum Gasteiger partial charge on any atom is -0.497 e. The molecule has 0 saturated carbocycles. The molecule has 0 aliphatic rings. The third kappa shape index (κ3) is 4.18. The lowest BCUT2D eigenvalue weighted by Gasteiger charge is -2.04. The number of methoxy groups -OCH3 is 1. The van der Waals surface area contributed by atoms with Crippen molar-refractivity contribution in [2.24, 2.45) is 0 Å². The average molecular weight is 357 g/mol. The zero-order valence-corrected chi connectivity index (χ0v) is 14.1. The molecule has 0 spiro atoms. The molecule has 112 valence electrons. The van der Waals surface area contributed by atoms with E-state index in [-0.39, 0.29) is 5.78 Å². The second-order valence-electron chi connectivity index (χ2n) is 4.74. The molecule has 0 bridgehead atoms. The van der Waals surface area contributed by atoms with Crippen molar-refractivity contribution in [3.05, 3.63) is 82.4 Å². The maximum absolute atomic E-state index is 12.2. The Kier molecular flexibility index (Phi) is 5.73. The van der Waals surface area contributed by atoms with Gasteiger partial charge in [0.05, 0.1) is 7.11 Å². The van der Waals surface area contributed by atoms with Gasteiger partial charge in [0.15, 0.2) is 5.78 Å². The molecule has 2 nitrogen and oxygen atoms in total. The van der Waals surface area contributed by atoms with Crippen LogP contribution in [0, 0.1) is 0 Å². The quantitative estimate of drug-likeness (QED) is 0.415. The van der Waals surface area contributed by atoms with Crippen LogP contribution in [0.5, 0.6) is 5.75 Å². The van der Waals surface area contributed by atoms with Crippen molar-refractivity contribution in [1.29, 1.82) is 0 Å². The van der Waals surface area contributed by atoms with E-state index in [4.69, 9.17) is 4.74 Å². The standard InChI is InChI=1S/C19H17BrO2/c1-14(20)18(15-6-4-3-5-7-15)12-13-19(21)16-8-10-17(22-2)11-9-16/h3-13H,1-2H3/b13-12+,18-14+. The molecule has 2 rings (SSSR count). The Morgan fingerprint density at radius 2 is 1.59 bits per heavy atom. The predicted octanol–water partition coefficient (Wildman–Crippen LogP) is 5.26. The molecule has 3 heteroatoms. The fourth-order valence-electron chi connectivity index (χ4n) is 2.04. The van der Waals surface area contributed by atoms with Gasteiger partial charge in [0.25, 0.3) is 0 Å². The van der Waals surface area contributed by atoms with Gasteiger partial charge < -0.3 is 4.74 Å². The molecule has 0 unspecified atom stereocenters. The predicted molar refractivity (Wildman–Crippen MR) is 94.4 cm³/mol. The second-order valence-corrected chi connectivity index (χ2v) is 5.93. The summed E-state index contributed by atoms with van der Waals surface area (Å²) in [4.78, 5) is 12.2. The molecule has 0 N–H and O–H groups in total. The Bertz CT molecular complexity index is 694. The molecule has 0 aromatic heterocycles. The summed E-state index contributed by atoms with van der Waals surface area (Å²) in [5.41, 5.74) is 2.69. The maximum atomic E-state index is 12.2. The van der Waals surface area contributed by atoms with E-state index in [0.29, 0.717) is 5.56 Å². The molecule has 0 atom stereocenters. The van der Waals surface area contributed by atoms with Gasteiger partial charge in [-0.3, -0.25) is 4.79 Å². The summed E-state index contributed by atoms with van der Waals surface area (Å²) in [6.07, 6.45) is 3.43. The molecule has 2 aromatic carbocycles. The number of halogens is 1. The van der Waals surface area contributed by atoms with Gasteiger partial charge in [-0.2, -0.15) is 0 Å². The van der Waals surface area contributed by atoms with Crippen molar-refractivity contribution in [2.45, 2.75) is 6.92 Å². The summed E-state index contributed by atoms with van der Waals surface area (Å²) in [6.45, 7) is 1.96. The first-order chi connectivity index (χ1) is 10.6. The fraction of sp³-hybridized carbons (Fsp3) is 0.105. The van der Waals surface area contributed by atoms with Crippen LogP contribution in [0.3, 0.4) is 0 Å². The van der Waals surface area contributed by atoms with E-state index in [1.807, 2.05) is 43.3 Å². The van der Waals surface area contributed by atoms with Crippen molar-refractivity contribution >= 4 is 27.3 Å². The number of allylic oxidation sites excluding steroid dienone is 4. The van der Waals surface area contributed by atoms with Gasteiger partial charge in [0.2, 0.25) is 0 Å². The fourth-order valence-corrected chi connectivity index (χ4v) is 2.40. The topological polar surface area (TPSA) is 26.3 Å². The molecule has 22 heavy (non-hydrogen) atoms. The summed E-state index contributed by atoms with van der Waals surface area (Å²) in [5.74, 6) is 0.700. The SMILES string of the molecule is COc1ccc(C(=O)/C=C/C(=C(/C)Br)c2ccccc2)cc1. The van der Waals surface area contributed by atoms with Crippen LogP contribution in [0.4, 0.5) is 0 Å². The maximum Gasteiger partial charge on any atom is 0.185 e. The van der Waals surface area contributed by atoms with Gasteiger partial charge in [0.1, 0.15) is 5.75 Å². The first-order valence-electron chi connectivity index (χ1n) is 6.90. The van der Waals surface area contributed by atoms with Crippen molar-refractivity contribution < 1.29 is 9.53 Å². The van der Waals surface area contributed by atoms with Crippen LogP contribution in [0.2, 0.25) is 0 Å². The molecule has 0 amide bonds. The Morgan fingerprint density at radius 3 is 2.14 bits per heavy atom. The molecule has 0 saturated heterocycles. The number of hydrogen-bond donors (Lipinski definition) is 0. The zero-order valence-electron chi connectivity index (χ0n) is 12.5. The van der Waals surface area contributed by atoms with E-state index in [1.54, 1.807) is 37.5 Å². The molecular formula is C19H17BrO2. The summed E-state index contributed by atoms with van der Waals surface area (Å²) in [6, 6.07) is 17.0. The van der Waals surface area contributed by atoms with Crippen molar-refractivity contribution in [3.63, 3.8) is 0 Å². The lowest BCUT2D eigenvalue weighted by Crippen LogP contribution is -1.95. The van der Waals surface area contributed by atoms with Crippen molar-refractivity contribution in [2.75, 3.05) is 7.11 Å². The summed E-state index contributed by atoms with van der Waals surface area (Å²) in [5, 5.41) is 0. The van der Waals surface area contributed by atoms with Gasteiger partial charge in [-0.15, -0.1) is 0 Å².